The Morgan fingerprint density at radius 3 is 2.41 bits per heavy atom. The zero-order valence-electron chi connectivity index (χ0n) is 15.1. The summed E-state index contributed by atoms with van der Waals surface area (Å²) in [6, 6.07) is 19.5. The Bertz CT molecular complexity index is 709. The van der Waals surface area contributed by atoms with Crippen molar-refractivity contribution in [3.63, 3.8) is 0 Å². The van der Waals surface area contributed by atoms with E-state index >= 15 is 0 Å². The Morgan fingerprint density at radius 1 is 1.00 bits per heavy atom. The first-order valence-electron chi connectivity index (χ1n) is 9.10. The average Bonchev–Trinajstić information content (AvgIpc) is 2.74. The Morgan fingerprint density at radius 2 is 1.70 bits per heavy atom. The third kappa shape index (κ3) is 4.06. The molecule has 2 aliphatic heterocycles. The molecule has 144 valence electrons. The number of rotatable bonds is 5. The Balaban J connectivity index is 1.51. The van der Waals surface area contributed by atoms with E-state index < -0.39 is 30.9 Å². The number of aliphatic hydroxyl groups excluding tert-OH is 1. The van der Waals surface area contributed by atoms with Gasteiger partial charge in [0, 0.05) is 12.7 Å². The van der Waals surface area contributed by atoms with E-state index in [-0.39, 0.29) is 6.10 Å². The van der Waals surface area contributed by atoms with Crippen molar-refractivity contribution in [2.45, 2.75) is 43.6 Å². The number of ether oxygens (including phenoxy) is 5. The number of fused-ring (bicyclic) bond motifs is 1. The molecule has 4 unspecified atom stereocenters. The van der Waals surface area contributed by atoms with Crippen molar-refractivity contribution in [1.29, 1.82) is 0 Å². The fraction of sp³-hybridized carbons (Fsp3) is 0.429. The van der Waals surface area contributed by atoms with Gasteiger partial charge in [-0.1, -0.05) is 60.7 Å². The second kappa shape index (κ2) is 8.48. The Hall–Kier alpha value is -1.80. The van der Waals surface area contributed by atoms with Gasteiger partial charge in [-0.15, -0.1) is 0 Å². The van der Waals surface area contributed by atoms with E-state index in [2.05, 4.69) is 0 Å². The Kier molecular flexibility index (Phi) is 5.83. The minimum absolute atomic E-state index is 0.335. The van der Waals surface area contributed by atoms with Crippen molar-refractivity contribution in [3.05, 3.63) is 71.8 Å². The largest absolute Gasteiger partial charge is 0.385 e. The summed E-state index contributed by atoms with van der Waals surface area (Å²) >= 11 is 0. The maximum Gasteiger partial charge on any atom is 0.186 e. The van der Waals surface area contributed by atoms with Crippen LogP contribution in [0.15, 0.2) is 60.7 Å². The summed E-state index contributed by atoms with van der Waals surface area (Å²) in [4.78, 5) is 0. The van der Waals surface area contributed by atoms with Crippen LogP contribution in [0.1, 0.15) is 17.4 Å². The molecule has 0 radical (unpaired) electrons. The van der Waals surface area contributed by atoms with Crippen LogP contribution in [0.5, 0.6) is 0 Å². The molecule has 2 aromatic carbocycles. The molecule has 4 rings (SSSR count). The highest BCUT2D eigenvalue weighted by atomic mass is 16.8. The lowest BCUT2D eigenvalue weighted by Crippen LogP contribution is -2.62. The van der Waals surface area contributed by atoms with Gasteiger partial charge in [0.2, 0.25) is 0 Å². The molecule has 1 N–H and O–H groups in total. The van der Waals surface area contributed by atoms with Crippen molar-refractivity contribution in [1.82, 2.24) is 0 Å². The maximum atomic E-state index is 10.7. The van der Waals surface area contributed by atoms with Gasteiger partial charge in [-0.05, 0) is 5.56 Å². The SMILES string of the molecule is CO[C@H]1OC2COC(c3ccccc3)O[C@H]2C(OCc2ccccc2)C1O. The molecule has 0 saturated carbocycles. The normalized spacial score (nSPS) is 33.4. The molecule has 0 spiro atoms. The first-order chi connectivity index (χ1) is 13.3. The van der Waals surface area contributed by atoms with Crippen LogP contribution in [-0.2, 0) is 30.3 Å². The monoisotopic (exact) mass is 372 g/mol. The molecule has 27 heavy (non-hydrogen) atoms. The van der Waals surface area contributed by atoms with Crippen LogP contribution in [0.25, 0.3) is 0 Å². The summed E-state index contributed by atoms with van der Waals surface area (Å²) in [6.45, 7) is 0.699. The van der Waals surface area contributed by atoms with E-state index in [1.165, 1.54) is 7.11 Å². The molecule has 2 aromatic rings. The molecule has 0 aliphatic carbocycles. The number of methoxy groups -OCH3 is 1. The van der Waals surface area contributed by atoms with Gasteiger partial charge in [0.25, 0.3) is 0 Å². The van der Waals surface area contributed by atoms with E-state index in [4.69, 9.17) is 23.7 Å². The van der Waals surface area contributed by atoms with Gasteiger partial charge >= 0.3 is 0 Å². The molecule has 2 aliphatic rings. The molecule has 2 heterocycles. The summed E-state index contributed by atoms with van der Waals surface area (Å²) in [7, 11) is 1.50. The molecular weight excluding hydrogens is 348 g/mol. The Labute approximate surface area is 158 Å². The van der Waals surface area contributed by atoms with Crippen molar-refractivity contribution in [2.24, 2.45) is 0 Å². The lowest BCUT2D eigenvalue weighted by molar-refractivity contribution is -0.363. The minimum atomic E-state index is -0.963. The number of aliphatic hydroxyl groups is 1. The molecular formula is C21H24O6. The molecule has 0 amide bonds. The zero-order valence-corrected chi connectivity index (χ0v) is 15.1. The van der Waals surface area contributed by atoms with E-state index in [1.807, 2.05) is 60.7 Å². The summed E-state index contributed by atoms with van der Waals surface area (Å²) in [6.07, 6.45) is -3.70. The summed E-state index contributed by atoms with van der Waals surface area (Å²) < 4.78 is 29.2. The van der Waals surface area contributed by atoms with E-state index in [0.717, 1.165) is 11.1 Å². The predicted octanol–water partition coefficient (Wildman–Crippen LogP) is 2.42. The molecule has 6 atom stereocenters. The van der Waals surface area contributed by atoms with Gasteiger partial charge in [-0.3, -0.25) is 0 Å². The summed E-state index contributed by atoms with van der Waals surface area (Å²) in [5, 5.41) is 10.7. The topological polar surface area (TPSA) is 66.4 Å². The smallest absolute Gasteiger partial charge is 0.186 e. The quantitative estimate of drug-likeness (QED) is 0.870. The van der Waals surface area contributed by atoms with Crippen LogP contribution in [0, 0.1) is 0 Å². The number of hydrogen-bond donors (Lipinski definition) is 1. The second-order valence-electron chi connectivity index (χ2n) is 6.71. The number of hydrogen-bond acceptors (Lipinski definition) is 6. The van der Waals surface area contributed by atoms with Gasteiger partial charge in [0.05, 0.1) is 13.2 Å². The number of benzene rings is 2. The minimum Gasteiger partial charge on any atom is -0.385 e. The van der Waals surface area contributed by atoms with E-state index in [0.29, 0.717) is 13.2 Å². The van der Waals surface area contributed by atoms with Gasteiger partial charge in [-0.25, -0.2) is 0 Å². The molecule has 2 saturated heterocycles. The predicted molar refractivity (Wildman–Crippen MR) is 96.7 cm³/mol. The average molecular weight is 372 g/mol. The van der Waals surface area contributed by atoms with Crippen LogP contribution in [0.2, 0.25) is 0 Å². The molecule has 0 bridgehead atoms. The highest BCUT2D eigenvalue weighted by Crippen LogP contribution is 2.35. The highest BCUT2D eigenvalue weighted by Gasteiger charge is 2.50. The third-order valence-electron chi connectivity index (χ3n) is 4.90. The van der Waals surface area contributed by atoms with Crippen molar-refractivity contribution in [2.75, 3.05) is 13.7 Å². The highest BCUT2D eigenvalue weighted by molar-refractivity contribution is 5.17. The standard InChI is InChI=1S/C21H24O6/c1-23-21-17(22)19(24-12-14-8-4-2-5-9-14)18-16(26-21)13-25-20(27-18)15-10-6-3-7-11-15/h2-11,16-22H,12-13H2,1H3/t16?,17?,18-,19?,20?,21+/m1/s1. The van der Waals surface area contributed by atoms with Crippen molar-refractivity contribution in [3.8, 4) is 0 Å². The van der Waals surface area contributed by atoms with E-state index in [9.17, 15) is 5.11 Å². The third-order valence-corrected chi connectivity index (χ3v) is 4.90. The zero-order chi connectivity index (χ0) is 18.6. The first kappa shape index (κ1) is 18.6. The van der Waals surface area contributed by atoms with Crippen LogP contribution in [-0.4, -0.2) is 49.5 Å². The maximum absolute atomic E-state index is 10.7. The fourth-order valence-corrected chi connectivity index (χ4v) is 3.49. The van der Waals surface area contributed by atoms with Crippen LogP contribution < -0.4 is 0 Å². The fourth-order valence-electron chi connectivity index (χ4n) is 3.49. The molecule has 6 heteroatoms. The van der Waals surface area contributed by atoms with Crippen molar-refractivity contribution < 1.29 is 28.8 Å². The molecule has 0 aromatic heterocycles. The van der Waals surface area contributed by atoms with Gasteiger partial charge in [0.1, 0.15) is 24.4 Å². The van der Waals surface area contributed by atoms with Crippen LogP contribution >= 0.6 is 0 Å². The first-order valence-corrected chi connectivity index (χ1v) is 9.10. The van der Waals surface area contributed by atoms with Gasteiger partial charge in [0.15, 0.2) is 12.6 Å². The van der Waals surface area contributed by atoms with Crippen LogP contribution in [0.4, 0.5) is 0 Å². The van der Waals surface area contributed by atoms with Gasteiger partial charge < -0.3 is 28.8 Å². The molecule has 2 fully saturated rings. The molecule has 6 nitrogen and oxygen atoms in total. The summed E-state index contributed by atoms with van der Waals surface area (Å²) in [5.74, 6) is 0. The van der Waals surface area contributed by atoms with Crippen LogP contribution in [0.3, 0.4) is 0 Å². The van der Waals surface area contributed by atoms with Crippen molar-refractivity contribution >= 4 is 0 Å². The van der Waals surface area contributed by atoms with Gasteiger partial charge in [-0.2, -0.15) is 0 Å². The lowest BCUT2D eigenvalue weighted by Gasteiger charge is -2.47. The van der Waals surface area contributed by atoms with E-state index in [1.54, 1.807) is 0 Å². The summed E-state index contributed by atoms with van der Waals surface area (Å²) in [5.41, 5.74) is 1.94. The lowest BCUT2D eigenvalue weighted by atomic mass is 9.97. The second-order valence-corrected chi connectivity index (χ2v) is 6.71.